The number of hydrogen-bond acceptors (Lipinski definition) is 3. The van der Waals surface area contributed by atoms with Crippen molar-refractivity contribution in [3.63, 3.8) is 0 Å². The molecule has 4 rings (SSSR count). The fraction of sp³-hybridized carbons (Fsp3) is 0.958. The van der Waals surface area contributed by atoms with Crippen molar-refractivity contribution in [1.82, 2.24) is 0 Å². The summed E-state index contributed by atoms with van der Waals surface area (Å²) in [6.07, 6.45) is 7.50. The van der Waals surface area contributed by atoms with E-state index in [0.717, 1.165) is 38.5 Å². The van der Waals surface area contributed by atoms with Crippen molar-refractivity contribution in [2.24, 2.45) is 40.4 Å². The van der Waals surface area contributed by atoms with Crippen LogP contribution in [0.25, 0.3) is 0 Å². The molecule has 4 aliphatic rings. The van der Waals surface area contributed by atoms with Crippen LogP contribution in [0.15, 0.2) is 0 Å². The van der Waals surface area contributed by atoms with Crippen LogP contribution in [0, 0.1) is 40.4 Å². The Morgan fingerprint density at radius 2 is 1.70 bits per heavy atom. The zero-order chi connectivity index (χ0) is 22.1. The van der Waals surface area contributed by atoms with Crippen LogP contribution in [-0.4, -0.2) is 48.6 Å². The zero-order valence-corrected chi connectivity index (χ0v) is 18.9. The number of aliphatic hydroxyl groups excluding tert-OH is 1. The third-order valence-electron chi connectivity index (χ3n) is 10.6. The van der Waals surface area contributed by atoms with E-state index < -0.39 is 16.8 Å². The molecule has 0 amide bonds. The predicted molar refractivity (Wildman–Crippen MR) is 118 cm³/mol. The van der Waals surface area contributed by atoms with Gasteiger partial charge in [0.25, 0.3) is 0 Å². The highest BCUT2D eigenvalue weighted by Gasteiger charge is 2.70. The van der Waals surface area contributed by atoms with E-state index in [1.165, 1.54) is 0 Å². The molecular weight excluding hydrogens is 374 g/mol. The molecule has 0 aliphatic heterocycles. The van der Waals surface area contributed by atoms with Crippen LogP contribution in [0.1, 0.15) is 85.0 Å². The Kier molecular flexibility index (Phi) is 5.50. The highest BCUT2D eigenvalue weighted by Crippen LogP contribution is 2.76. The molecular formula is C24H38B2O4. The van der Waals surface area contributed by atoms with Crippen molar-refractivity contribution in [3.8, 4) is 0 Å². The third-order valence-corrected chi connectivity index (χ3v) is 10.6. The first-order chi connectivity index (χ1) is 13.9. The largest absolute Gasteiger partial charge is 0.481 e. The average Bonchev–Trinajstić information content (AvgIpc) is 3.00. The molecule has 0 aromatic rings. The topological polar surface area (TPSA) is 77.8 Å². The molecule has 4 fully saturated rings. The fourth-order valence-corrected chi connectivity index (χ4v) is 9.04. The van der Waals surface area contributed by atoms with E-state index in [1.54, 1.807) is 0 Å². The van der Waals surface area contributed by atoms with Crippen molar-refractivity contribution in [3.05, 3.63) is 0 Å². The lowest BCUT2D eigenvalue weighted by molar-refractivity contribution is -0.179. The highest BCUT2D eigenvalue weighted by atomic mass is 16.4. The van der Waals surface area contributed by atoms with Crippen molar-refractivity contribution in [1.29, 1.82) is 0 Å². The molecule has 0 bridgehead atoms. The van der Waals surface area contributed by atoms with Gasteiger partial charge in [-0.3, -0.25) is 4.79 Å². The minimum absolute atomic E-state index is 0.00786. The number of rotatable bonds is 4. The molecule has 0 heterocycles. The summed E-state index contributed by atoms with van der Waals surface area (Å²) >= 11 is 0. The standard InChI is InChI=1S/C24H38B2O4/c1-14(4-7-20(28)29)17-5-6-18-22(17,3)11-9-19-21(2)10-8-16(27)12-15(21)13-23(25,30)24(18,19)26/h14-19,27,30H,4-13H2,1-3H3,(H,28,29)/t14-,15+,16-,17-,18-,19-,21+,22-,23-,24-/m1/s1. The average molecular weight is 412 g/mol. The smallest absolute Gasteiger partial charge is 0.303 e. The number of hydrogen-bond donors (Lipinski definition) is 3. The molecule has 4 radical (unpaired) electrons. The second-order valence-corrected chi connectivity index (χ2v) is 11.9. The molecule has 0 unspecified atom stereocenters. The van der Waals surface area contributed by atoms with Crippen LogP contribution >= 0.6 is 0 Å². The van der Waals surface area contributed by atoms with Crippen molar-refractivity contribution in [2.45, 2.75) is 102 Å². The molecule has 4 nitrogen and oxygen atoms in total. The first-order valence-electron chi connectivity index (χ1n) is 12.1. The van der Waals surface area contributed by atoms with Gasteiger partial charge in [-0.2, -0.15) is 0 Å². The maximum Gasteiger partial charge on any atom is 0.303 e. The van der Waals surface area contributed by atoms with Crippen LogP contribution in [0.4, 0.5) is 0 Å². The predicted octanol–water partition coefficient (Wildman–Crippen LogP) is 3.69. The summed E-state index contributed by atoms with van der Waals surface area (Å²) in [7, 11) is 14.0. The molecule has 0 spiro atoms. The van der Waals surface area contributed by atoms with E-state index in [0.29, 0.717) is 31.1 Å². The van der Waals surface area contributed by atoms with Crippen LogP contribution in [0.3, 0.4) is 0 Å². The van der Waals surface area contributed by atoms with Gasteiger partial charge in [0, 0.05) is 11.9 Å². The highest BCUT2D eigenvalue weighted by molar-refractivity contribution is 6.26. The van der Waals surface area contributed by atoms with Crippen LogP contribution in [0.5, 0.6) is 0 Å². The molecule has 0 aromatic carbocycles. The van der Waals surface area contributed by atoms with E-state index in [2.05, 4.69) is 20.8 Å². The summed E-state index contributed by atoms with van der Waals surface area (Å²) < 4.78 is 0. The number of carbonyl (C=O) groups is 1. The summed E-state index contributed by atoms with van der Waals surface area (Å²) in [4.78, 5) is 11.1. The van der Waals surface area contributed by atoms with Gasteiger partial charge in [-0.25, -0.2) is 0 Å². The normalized spacial score (nSPS) is 54.0. The third kappa shape index (κ3) is 3.06. The van der Waals surface area contributed by atoms with Gasteiger partial charge in [-0.05, 0) is 104 Å². The van der Waals surface area contributed by atoms with E-state index in [1.807, 2.05) is 0 Å². The monoisotopic (exact) mass is 412 g/mol. The quantitative estimate of drug-likeness (QED) is 0.616. The molecule has 0 aromatic heterocycles. The number of fused-ring (bicyclic) bond motifs is 5. The molecule has 164 valence electrons. The zero-order valence-electron chi connectivity index (χ0n) is 18.9. The van der Waals surface area contributed by atoms with Gasteiger partial charge >= 0.3 is 5.97 Å². The molecule has 30 heavy (non-hydrogen) atoms. The van der Waals surface area contributed by atoms with Gasteiger partial charge in [-0.15, -0.1) is 0 Å². The Balaban J connectivity index is 1.67. The lowest BCUT2D eigenvalue weighted by Gasteiger charge is -2.71. The number of aliphatic hydroxyl groups is 2. The molecule has 10 atom stereocenters. The van der Waals surface area contributed by atoms with E-state index in [9.17, 15) is 15.0 Å². The van der Waals surface area contributed by atoms with Crippen LogP contribution < -0.4 is 0 Å². The number of carboxylic acids is 1. The van der Waals surface area contributed by atoms with Gasteiger partial charge in [0.2, 0.25) is 0 Å². The van der Waals surface area contributed by atoms with Crippen molar-refractivity contribution >= 4 is 21.7 Å². The van der Waals surface area contributed by atoms with Gasteiger partial charge < -0.3 is 15.3 Å². The molecule has 3 N–H and O–H groups in total. The van der Waals surface area contributed by atoms with E-state index in [-0.39, 0.29) is 41.1 Å². The van der Waals surface area contributed by atoms with Gasteiger partial charge in [-0.1, -0.05) is 20.8 Å². The SMILES string of the molecule is [B][C@@]12[C@H](CC[C@]3(C)[C@@H]([C@H](C)CCC(=O)O)CC[C@H]31)[C@@]1(C)CC[C@@H](O)C[C@H]1C[C@@]2([B])O. The Hall–Kier alpha value is -0.480. The Morgan fingerprint density at radius 1 is 1.07 bits per heavy atom. The summed E-state index contributed by atoms with van der Waals surface area (Å²) in [5.41, 5.74) is -1.45. The fourth-order valence-electron chi connectivity index (χ4n) is 9.04. The lowest BCUT2D eigenvalue weighted by Crippen LogP contribution is -2.67. The van der Waals surface area contributed by atoms with Gasteiger partial charge in [0.15, 0.2) is 0 Å². The van der Waals surface area contributed by atoms with Crippen LogP contribution in [0.2, 0.25) is 5.31 Å². The molecule has 4 saturated carbocycles. The molecule has 4 aliphatic carbocycles. The first-order valence-corrected chi connectivity index (χ1v) is 12.1. The number of aliphatic carboxylic acids is 1. The minimum Gasteiger partial charge on any atom is -0.481 e. The Labute approximate surface area is 184 Å². The van der Waals surface area contributed by atoms with E-state index in [4.69, 9.17) is 20.8 Å². The van der Waals surface area contributed by atoms with Crippen molar-refractivity contribution < 1.29 is 20.1 Å². The van der Waals surface area contributed by atoms with Crippen molar-refractivity contribution in [2.75, 3.05) is 0 Å². The second kappa shape index (κ2) is 7.27. The summed E-state index contributed by atoms with van der Waals surface area (Å²) in [5.74, 6) is 0.492. The maximum atomic E-state index is 11.6. The molecule has 6 heteroatoms. The van der Waals surface area contributed by atoms with Crippen LogP contribution in [-0.2, 0) is 4.79 Å². The first kappa shape index (κ1) is 22.7. The maximum absolute atomic E-state index is 11.6. The summed E-state index contributed by atoms with van der Waals surface area (Å²) in [6.45, 7) is 6.84. The summed E-state index contributed by atoms with van der Waals surface area (Å²) in [6, 6.07) is 0. The van der Waals surface area contributed by atoms with E-state index >= 15 is 0 Å². The second-order valence-electron chi connectivity index (χ2n) is 11.9. The van der Waals surface area contributed by atoms with Gasteiger partial charge in [0.05, 0.1) is 14.0 Å². The van der Waals surface area contributed by atoms with Gasteiger partial charge in [0.1, 0.15) is 7.85 Å². The number of carboxylic acid groups (broad SMARTS) is 1. The molecule has 0 saturated heterocycles. The lowest BCUT2D eigenvalue weighted by atomic mass is 9.27. The minimum atomic E-state index is -1.44. The summed E-state index contributed by atoms with van der Waals surface area (Å²) in [5, 5.41) is 30.2. The Morgan fingerprint density at radius 3 is 2.37 bits per heavy atom. The Bertz CT molecular complexity index is 699.